The van der Waals surface area contributed by atoms with E-state index in [0.29, 0.717) is 0 Å². The minimum absolute atomic E-state index is 0.188. The van der Waals surface area contributed by atoms with E-state index in [9.17, 15) is 65.0 Å². The average Bonchev–Trinajstić information content (AvgIpc) is 1.62. The molecule has 19 heteroatoms. The zero-order valence-electron chi connectivity index (χ0n) is 8.90. The molecule has 0 bridgehead atoms. The Morgan fingerprint density at radius 2 is 0.450 bits per heavy atom. The van der Waals surface area contributed by atoms with Gasteiger partial charge in [-0.1, -0.05) is 0 Å². The molecule has 0 aliphatic heterocycles. The maximum atomic E-state index is 10.4. The van der Waals surface area contributed by atoms with Crippen LogP contribution in [0.3, 0.4) is 0 Å². The summed E-state index contributed by atoms with van der Waals surface area (Å²) in [6.07, 6.45) is 0. The van der Waals surface area contributed by atoms with E-state index in [4.69, 9.17) is 0 Å². The monoisotopic (exact) mass is 337 g/mol. The van der Waals surface area contributed by atoms with Gasteiger partial charge in [-0.2, -0.15) is 0 Å². The first-order chi connectivity index (χ1) is 8.00. The van der Waals surface area contributed by atoms with Gasteiger partial charge in [-0.05, 0) is 0 Å². The van der Waals surface area contributed by atoms with Crippen molar-refractivity contribution in [3.63, 3.8) is 0 Å². The van der Waals surface area contributed by atoms with Crippen molar-refractivity contribution in [2.24, 2.45) is 0 Å². The molecule has 0 saturated heterocycles. The molecular weight excluding hydrogens is 336 g/mol. The molecule has 0 aromatic carbocycles. The molecule has 0 rings (SSSR count). The molecule has 0 aromatic rings. The predicted octanol–water partition coefficient (Wildman–Crippen LogP) is 4.57. The SMILES string of the molecule is F[B-](F)(F)F.F[B-](F)(F)F.F[B-](F)(F)F.[Li][C](F)(F)F. The molecule has 0 unspecified atom stereocenters. The van der Waals surface area contributed by atoms with Crippen LogP contribution in [0.4, 0.5) is 65.0 Å². The molecule has 0 atom stereocenters. The summed E-state index contributed by atoms with van der Waals surface area (Å²) in [5, 5.41) is 0. The van der Waals surface area contributed by atoms with E-state index in [2.05, 4.69) is 0 Å². The summed E-state index contributed by atoms with van der Waals surface area (Å²) in [7, 11) is -18.0. The molecule has 0 aliphatic carbocycles. The van der Waals surface area contributed by atoms with Crippen LogP contribution >= 0.6 is 0 Å². The molecule has 0 heterocycles. The third-order valence-corrected chi connectivity index (χ3v) is 0. The van der Waals surface area contributed by atoms with Crippen LogP contribution in [-0.4, -0.2) is 44.3 Å². The zero-order valence-corrected chi connectivity index (χ0v) is 8.90. The molecule has 0 spiro atoms. The number of rotatable bonds is 0. The van der Waals surface area contributed by atoms with Crippen molar-refractivity contribution in [3.8, 4) is 0 Å². The normalized spacial score (nSPS) is 12.1. The standard InChI is InChI=1S/CF3.3BF4.Li/c2-1(3)4;3*2-1(3,4)5;/q;3*-1;. The Labute approximate surface area is 110 Å². The van der Waals surface area contributed by atoms with Gasteiger partial charge in [0.2, 0.25) is 0 Å². The predicted molar refractivity (Wildman–Crippen MR) is 42.4 cm³/mol. The molecule has 0 aliphatic rings. The van der Waals surface area contributed by atoms with Crippen molar-refractivity contribution in [3.05, 3.63) is 0 Å². The van der Waals surface area contributed by atoms with Crippen LogP contribution in [-0.2, 0) is 0 Å². The fourth-order valence-corrected chi connectivity index (χ4v) is 0. The minimum atomic E-state index is -6.00. The second-order valence-corrected chi connectivity index (χ2v) is 2.27. The van der Waals surface area contributed by atoms with Crippen molar-refractivity contribution < 1.29 is 65.0 Å². The summed E-state index contributed by atoms with van der Waals surface area (Å²) in [6, 6.07) is 0. The summed E-state index contributed by atoms with van der Waals surface area (Å²) < 4.78 is 148. The summed E-state index contributed by atoms with van der Waals surface area (Å²) >= 11 is 0.188. The van der Waals surface area contributed by atoms with Crippen molar-refractivity contribution in [1.82, 2.24) is 0 Å². The number of halogens is 15. The Morgan fingerprint density at radius 3 is 0.450 bits per heavy atom. The number of hydrogen-bond acceptors (Lipinski definition) is 0. The van der Waals surface area contributed by atoms with Gasteiger partial charge in [0.25, 0.3) is 0 Å². The van der Waals surface area contributed by atoms with E-state index in [1.807, 2.05) is 0 Å². The van der Waals surface area contributed by atoms with Gasteiger partial charge < -0.3 is 51.8 Å². The van der Waals surface area contributed by atoms with Crippen molar-refractivity contribution in [2.45, 2.75) is 4.85 Å². The van der Waals surface area contributed by atoms with Gasteiger partial charge in [-0.15, -0.1) is 0 Å². The van der Waals surface area contributed by atoms with Crippen LogP contribution in [0.25, 0.3) is 0 Å². The Balaban J connectivity index is -0.0000000853. The van der Waals surface area contributed by atoms with E-state index < -0.39 is 26.6 Å². The van der Waals surface area contributed by atoms with E-state index >= 15 is 0 Å². The summed E-state index contributed by atoms with van der Waals surface area (Å²) in [6.45, 7) is 0. The first-order valence-corrected chi connectivity index (χ1v) is 3.69. The summed E-state index contributed by atoms with van der Waals surface area (Å²) in [5.74, 6) is 0. The van der Waals surface area contributed by atoms with Crippen LogP contribution in [0.15, 0.2) is 0 Å². The Bertz CT molecular complexity index is 133. The average molecular weight is 336 g/mol. The summed E-state index contributed by atoms with van der Waals surface area (Å²) in [5.41, 5.74) is 0. The molecule has 20 heavy (non-hydrogen) atoms. The van der Waals surface area contributed by atoms with E-state index in [1.54, 1.807) is 0 Å². The fourth-order valence-electron chi connectivity index (χ4n) is 0. The van der Waals surface area contributed by atoms with Crippen LogP contribution in [0.2, 0.25) is 0 Å². The van der Waals surface area contributed by atoms with Crippen molar-refractivity contribution >= 4 is 39.5 Å². The van der Waals surface area contributed by atoms with Gasteiger partial charge >= 0.3 is 57.5 Å². The van der Waals surface area contributed by atoms with Crippen LogP contribution in [0.1, 0.15) is 0 Å². The number of alkyl halides is 3. The molecule has 0 nitrogen and oxygen atoms in total. The zero-order chi connectivity index (χ0) is 18.0. The molecular formula is CB3F15Li-3. The van der Waals surface area contributed by atoms with Gasteiger partial charge in [0.15, 0.2) is 0 Å². The maximum absolute atomic E-state index is 10.4. The van der Waals surface area contributed by atoms with Crippen LogP contribution in [0, 0.1) is 0 Å². The first kappa shape index (κ1) is 28.0. The molecule has 0 fully saturated rings. The van der Waals surface area contributed by atoms with Crippen LogP contribution in [0.5, 0.6) is 0 Å². The third-order valence-electron chi connectivity index (χ3n) is 0. The molecule has 0 amide bonds. The van der Waals surface area contributed by atoms with Crippen molar-refractivity contribution in [1.29, 1.82) is 0 Å². The van der Waals surface area contributed by atoms with Crippen molar-refractivity contribution in [2.75, 3.05) is 0 Å². The third kappa shape index (κ3) is 74800. The van der Waals surface area contributed by atoms with Gasteiger partial charge in [0, 0.05) is 0 Å². The van der Waals surface area contributed by atoms with Gasteiger partial charge in [-0.3, -0.25) is 0 Å². The molecule has 0 N–H and O–H groups in total. The van der Waals surface area contributed by atoms with E-state index in [-0.39, 0.29) is 17.7 Å². The molecule has 0 aromatic heterocycles. The molecule has 122 valence electrons. The fraction of sp³-hybridized carbons (Fsp3) is 1.00. The topological polar surface area (TPSA) is 0 Å². The Kier molecular flexibility index (Phi) is 14.6. The van der Waals surface area contributed by atoms with Crippen LogP contribution < -0.4 is 0 Å². The Hall–Kier alpha value is -0.258. The second-order valence-electron chi connectivity index (χ2n) is 2.27. The van der Waals surface area contributed by atoms with E-state index in [1.165, 1.54) is 0 Å². The Morgan fingerprint density at radius 1 is 0.450 bits per heavy atom. The molecule has 0 saturated carbocycles. The van der Waals surface area contributed by atoms with Gasteiger partial charge in [-0.25, -0.2) is 0 Å². The first-order valence-electron chi connectivity index (χ1n) is 3.69. The van der Waals surface area contributed by atoms with E-state index in [0.717, 1.165) is 0 Å². The quantitative estimate of drug-likeness (QED) is 0.449. The van der Waals surface area contributed by atoms with Gasteiger partial charge in [0.05, 0.1) is 0 Å². The summed E-state index contributed by atoms with van der Waals surface area (Å²) in [4.78, 5) is -4.00. The molecule has 0 radical (unpaired) electrons. The second kappa shape index (κ2) is 10.5. The van der Waals surface area contributed by atoms with Gasteiger partial charge in [0.1, 0.15) is 0 Å². The number of hydrogen-bond donors (Lipinski definition) is 0.